The van der Waals surface area contributed by atoms with Crippen molar-refractivity contribution in [3.05, 3.63) is 88.2 Å². The maximum absolute atomic E-state index is 5.31. The second-order valence-corrected chi connectivity index (χ2v) is 13.0. The first-order valence-corrected chi connectivity index (χ1v) is 15.9. The number of H-pyrrole nitrogens is 2. The van der Waals surface area contributed by atoms with Crippen LogP contribution in [0.15, 0.2) is 54.6 Å². The summed E-state index contributed by atoms with van der Waals surface area (Å²) < 4.78 is 0. The van der Waals surface area contributed by atoms with Crippen LogP contribution in [0.1, 0.15) is 88.5 Å². The van der Waals surface area contributed by atoms with Crippen LogP contribution < -0.4 is 0 Å². The van der Waals surface area contributed by atoms with Crippen molar-refractivity contribution < 1.29 is 0 Å². The molecule has 4 aromatic rings. The van der Waals surface area contributed by atoms with E-state index in [0.717, 1.165) is 37.1 Å². The number of rotatable bonds is 6. The summed E-state index contributed by atoms with van der Waals surface area (Å²) in [6.45, 7) is 18.3. The molecule has 0 atom stereocenters. The number of aromatic amines is 2. The van der Waals surface area contributed by atoms with Crippen LogP contribution in [0.25, 0.3) is 55.5 Å². The molecule has 42 heavy (non-hydrogen) atoms. The van der Waals surface area contributed by atoms with Gasteiger partial charge in [-0.25, -0.2) is 4.98 Å². The second-order valence-electron chi connectivity index (χ2n) is 13.0. The van der Waals surface area contributed by atoms with Crippen molar-refractivity contribution in [2.24, 2.45) is 11.8 Å². The predicted octanol–water partition coefficient (Wildman–Crippen LogP) is 10.9. The molecule has 216 valence electrons. The molecule has 4 heterocycles. The van der Waals surface area contributed by atoms with E-state index in [-0.39, 0.29) is 0 Å². The molecule has 3 aromatic heterocycles. The molecule has 0 saturated heterocycles. The number of hydrogen-bond donors (Lipinski definition) is 2. The van der Waals surface area contributed by atoms with Gasteiger partial charge in [-0.2, -0.15) is 0 Å². The van der Waals surface area contributed by atoms with Gasteiger partial charge in [-0.1, -0.05) is 65.8 Å². The smallest absolute Gasteiger partial charge is 0.0690 e. The largest absolute Gasteiger partial charge is 0.355 e. The van der Waals surface area contributed by atoms with E-state index in [0.29, 0.717) is 11.8 Å². The van der Waals surface area contributed by atoms with E-state index in [1.54, 1.807) is 0 Å². The van der Waals surface area contributed by atoms with Crippen LogP contribution in [0.4, 0.5) is 0 Å². The van der Waals surface area contributed by atoms with E-state index < -0.39 is 0 Å². The highest BCUT2D eigenvalue weighted by Crippen LogP contribution is 2.42. The van der Waals surface area contributed by atoms with Crippen LogP contribution in [0, 0.1) is 18.8 Å². The van der Waals surface area contributed by atoms with Gasteiger partial charge >= 0.3 is 0 Å². The van der Waals surface area contributed by atoms with Crippen LogP contribution in [-0.2, 0) is 19.3 Å². The predicted molar refractivity (Wildman–Crippen MR) is 182 cm³/mol. The molecular weight excluding hydrogens is 510 g/mol. The van der Waals surface area contributed by atoms with Crippen LogP contribution >= 0.6 is 0 Å². The van der Waals surface area contributed by atoms with E-state index >= 15 is 0 Å². The lowest BCUT2D eigenvalue weighted by Gasteiger charge is -2.08. The van der Waals surface area contributed by atoms with Gasteiger partial charge in [-0.05, 0) is 137 Å². The second kappa shape index (κ2) is 11.1. The Morgan fingerprint density at radius 3 is 1.81 bits per heavy atom. The molecule has 0 unspecified atom stereocenters. The molecule has 3 heteroatoms. The maximum Gasteiger partial charge on any atom is 0.0690 e. The Balaban J connectivity index is 1.79. The number of benzene rings is 1. The van der Waals surface area contributed by atoms with Gasteiger partial charge in [0.05, 0.1) is 11.4 Å². The Labute approximate surface area is 251 Å². The quantitative estimate of drug-likeness (QED) is 0.215. The lowest BCUT2D eigenvalue weighted by atomic mass is 9.95. The molecular formula is C39H45N3. The molecule has 6 rings (SSSR count). The zero-order valence-corrected chi connectivity index (χ0v) is 26.6. The van der Waals surface area contributed by atoms with Gasteiger partial charge < -0.3 is 9.97 Å². The third kappa shape index (κ3) is 4.93. The Kier molecular flexibility index (Phi) is 7.47. The van der Waals surface area contributed by atoms with E-state index in [9.17, 15) is 0 Å². The number of nitrogens with zero attached hydrogens (tertiary/aromatic N) is 1. The third-order valence-corrected chi connectivity index (χ3v) is 9.08. The van der Waals surface area contributed by atoms with Crippen molar-refractivity contribution in [2.75, 3.05) is 0 Å². The van der Waals surface area contributed by atoms with Crippen LogP contribution in [0.3, 0.4) is 0 Å². The summed E-state index contributed by atoms with van der Waals surface area (Å²) in [6.07, 6.45) is 4.04. The fourth-order valence-corrected chi connectivity index (χ4v) is 6.98. The number of aryl methyl sites for hydroxylation is 3. The number of aromatic nitrogens is 3. The van der Waals surface area contributed by atoms with Crippen molar-refractivity contribution in [3.63, 3.8) is 0 Å². The number of hydrogen-bond acceptors (Lipinski definition) is 1. The first-order chi connectivity index (χ1) is 20.2. The fraction of sp³-hybridized carbons (Fsp3) is 0.359. The fourth-order valence-electron chi connectivity index (χ4n) is 6.98. The van der Waals surface area contributed by atoms with Gasteiger partial charge in [0.1, 0.15) is 0 Å². The highest BCUT2D eigenvalue weighted by Gasteiger charge is 2.21. The lowest BCUT2D eigenvalue weighted by molar-refractivity contribution is 0.648. The van der Waals surface area contributed by atoms with E-state index in [2.05, 4.69) is 120 Å². The molecule has 0 saturated carbocycles. The highest BCUT2D eigenvalue weighted by molar-refractivity contribution is 5.96. The summed E-state index contributed by atoms with van der Waals surface area (Å²) >= 11 is 0. The summed E-state index contributed by atoms with van der Waals surface area (Å²) in [4.78, 5) is 13.0. The number of allylic oxidation sites excluding steroid dienone is 2. The monoisotopic (exact) mass is 555 g/mol. The SMILES string of the molecule is CCc1c(CC)c2cc3[nH]c(cc4cc(cc5nc(cc1[nH]2)C(C)=C5CC(C)C)-c1ccccc1-4)c(CC(C)C)c3C. The molecule has 2 N–H and O–H groups in total. The molecule has 3 nitrogen and oxygen atoms in total. The number of fused-ring (bicyclic) bond motifs is 11. The summed E-state index contributed by atoms with van der Waals surface area (Å²) in [5.41, 5.74) is 20.3. The van der Waals surface area contributed by atoms with Gasteiger partial charge in [0.15, 0.2) is 0 Å². The minimum absolute atomic E-state index is 0.552. The molecule has 1 aliphatic heterocycles. The van der Waals surface area contributed by atoms with Crippen LogP contribution in [0.5, 0.6) is 0 Å². The summed E-state index contributed by atoms with van der Waals surface area (Å²) in [5, 5.41) is 0. The van der Waals surface area contributed by atoms with Crippen molar-refractivity contribution in [3.8, 4) is 22.3 Å². The summed E-state index contributed by atoms with van der Waals surface area (Å²) in [6, 6.07) is 20.6. The molecule has 0 fully saturated rings. The van der Waals surface area contributed by atoms with Crippen molar-refractivity contribution in [2.45, 2.75) is 81.1 Å². The normalized spacial score (nSPS) is 13.0. The van der Waals surface area contributed by atoms with Crippen molar-refractivity contribution in [1.29, 1.82) is 0 Å². The van der Waals surface area contributed by atoms with E-state index in [1.807, 2.05) is 0 Å². The van der Waals surface area contributed by atoms with Gasteiger partial charge in [0.25, 0.3) is 0 Å². The average molecular weight is 556 g/mol. The van der Waals surface area contributed by atoms with Gasteiger partial charge in [0, 0.05) is 22.1 Å². The van der Waals surface area contributed by atoms with Gasteiger partial charge in [-0.15, -0.1) is 0 Å². The Bertz CT molecular complexity index is 1870. The summed E-state index contributed by atoms with van der Waals surface area (Å²) in [5.74, 6) is 1.12. The third-order valence-electron chi connectivity index (χ3n) is 9.08. The topological polar surface area (TPSA) is 44.5 Å². The maximum atomic E-state index is 5.31. The van der Waals surface area contributed by atoms with E-state index in [1.165, 1.54) is 77.7 Å². The first-order valence-electron chi connectivity index (χ1n) is 15.9. The van der Waals surface area contributed by atoms with Crippen molar-refractivity contribution in [1.82, 2.24) is 15.0 Å². The molecule has 1 aromatic carbocycles. The minimum Gasteiger partial charge on any atom is -0.355 e. The lowest BCUT2D eigenvalue weighted by Crippen LogP contribution is -1.94. The van der Waals surface area contributed by atoms with Gasteiger partial charge in [-0.3, -0.25) is 0 Å². The molecule has 0 radical (unpaired) electrons. The minimum atomic E-state index is 0.552. The van der Waals surface area contributed by atoms with Gasteiger partial charge in [0.2, 0.25) is 0 Å². The van der Waals surface area contributed by atoms with Crippen LogP contribution in [0.2, 0.25) is 0 Å². The molecule has 1 aliphatic carbocycles. The summed E-state index contributed by atoms with van der Waals surface area (Å²) in [7, 11) is 0. The Morgan fingerprint density at radius 2 is 1.19 bits per heavy atom. The first kappa shape index (κ1) is 28.3. The highest BCUT2D eigenvalue weighted by atomic mass is 14.8. The van der Waals surface area contributed by atoms with Crippen LogP contribution in [-0.4, -0.2) is 15.0 Å². The molecule has 2 aliphatic rings. The Hall–Kier alpha value is -3.85. The van der Waals surface area contributed by atoms with Crippen molar-refractivity contribution >= 4 is 33.2 Å². The number of nitrogens with one attached hydrogen (secondary N) is 2. The average Bonchev–Trinajstić information content (AvgIpc) is 3.64. The Morgan fingerprint density at radius 1 is 0.619 bits per heavy atom. The zero-order valence-electron chi connectivity index (χ0n) is 26.6. The van der Waals surface area contributed by atoms with E-state index in [4.69, 9.17) is 4.98 Å². The molecule has 0 amide bonds. The zero-order chi connectivity index (χ0) is 29.7. The molecule has 8 bridgehead atoms. The standard InChI is InChI=1S/C39H45N3/c1-9-28-29(10-2)39-21-35-25(8)33(16-23(5)6)37(41-35)19-27-17-26(30-13-11-12-14-31(27)30)18-36-32(15-22(3)4)24(7)34(40-36)20-38(28)42-39/h11-14,17-23,40,42H,9-10,15-16H2,1-8H3. The molecule has 0 spiro atoms.